The lowest BCUT2D eigenvalue weighted by Crippen LogP contribution is -2.63. The molecule has 16 nitrogen and oxygen atoms in total. The lowest BCUT2D eigenvalue weighted by atomic mass is 9.70. The molecule has 2 aliphatic heterocycles. The van der Waals surface area contributed by atoms with Crippen LogP contribution in [0.25, 0.3) is 11.0 Å². The Kier molecular flexibility index (Phi) is 12.9. The fourth-order valence-electron chi connectivity index (χ4n) is 10.9. The van der Waals surface area contributed by atoms with Gasteiger partial charge in [0.1, 0.15) is 16.3 Å². The Balaban J connectivity index is 0.925. The number of aromatic amines is 1. The Morgan fingerprint density at radius 1 is 1.01 bits per heavy atom. The van der Waals surface area contributed by atoms with E-state index in [4.69, 9.17) is 9.47 Å². The largest absolute Gasteiger partial charge is 0.475 e. The fraction of sp³-hybridized carbons (Fsp3) is 0.500. The highest BCUT2D eigenvalue weighted by Gasteiger charge is 2.49. The molecule has 4 fully saturated rings. The molecule has 3 aromatic heterocycles. The van der Waals surface area contributed by atoms with Crippen molar-refractivity contribution in [3.8, 4) is 17.4 Å². The molecule has 5 heterocycles. The lowest BCUT2D eigenvalue weighted by Gasteiger charge is -2.57. The number of H-pyrrole nitrogens is 1. The fourth-order valence-corrected chi connectivity index (χ4v) is 11.8. The van der Waals surface area contributed by atoms with E-state index in [2.05, 4.69) is 72.9 Å². The van der Waals surface area contributed by atoms with Gasteiger partial charge in [-0.15, -0.1) is 0 Å². The van der Waals surface area contributed by atoms with E-state index in [-0.39, 0.29) is 40.1 Å². The van der Waals surface area contributed by atoms with Crippen molar-refractivity contribution in [3.63, 3.8) is 0 Å². The first kappa shape index (κ1) is 46.3. The Hall–Kier alpha value is -5.78. The number of hydrogen-bond donors (Lipinski definition) is 4. The molecule has 1 amide bonds. The molecule has 4 N–H and O–H groups in total. The summed E-state index contributed by atoms with van der Waals surface area (Å²) < 4.78 is 42.1. The summed E-state index contributed by atoms with van der Waals surface area (Å²) in [6, 6.07) is 19.1. The maximum absolute atomic E-state index is 14.1. The summed E-state index contributed by atoms with van der Waals surface area (Å²) in [4.78, 5) is 41.9. The van der Waals surface area contributed by atoms with Gasteiger partial charge >= 0.3 is 5.69 Å². The molecule has 5 aromatic rings. The average molecular weight is 935 g/mol. The van der Waals surface area contributed by atoms with E-state index >= 15 is 0 Å². The monoisotopic (exact) mass is 934 g/mol. The number of carbonyl (C=O) groups excluding carboxylic acids is 1. The van der Waals surface area contributed by atoms with Gasteiger partial charge in [-0.3, -0.25) is 19.8 Å². The smallest absolute Gasteiger partial charge is 0.312 e. The quantitative estimate of drug-likeness (QED) is 0.0573. The van der Waals surface area contributed by atoms with E-state index in [1.165, 1.54) is 30.4 Å². The van der Waals surface area contributed by atoms with E-state index in [1.807, 2.05) is 13.0 Å². The maximum atomic E-state index is 14.1. The minimum Gasteiger partial charge on any atom is -0.475 e. The standard InChI is InChI=1S/C50H62N8O8S/c1-5-65-48-44(25-34-17-22-51-45(34)54-48)66-43-26-35(56-23-20-50(21-24-56)30-57(31-50)41-12-8-11-39(41)38-10-7-6-9-37(38)32(2)3)13-14-40(43)47(59)55-67(63,64)36-27-42(58(61)62)46(53-29-36)52-28-33-15-18-49(4,60)19-16-33/h6-7,9-10,13-14,17,22,25-27,29,32-33,39,41,60H,5,8,11-12,15-16,18-21,23-24,28,30-31H2,1-4H3,(H,51,54)(H,52,53)(H,55,59)/t33-,39-,41-,49-/m0/s1. The molecule has 2 saturated carbocycles. The second-order valence-corrected chi connectivity index (χ2v) is 21.4. The number of sulfonamides is 1. The summed E-state index contributed by atoms with van der Waals surface area (Å²) in [5, 5.41) is 26.2. The first-order chi connectivity index (χ1) is 32.1. The third-order valence-corrected chi connectivity index (χ3v) is 16.0. The minimum atomic E-state index is -4.67. The minimum absolute atomic E-state index is 0.0792. The molecule has 0 radical (unpaired) electrons. The van der Waals surface area contributed by atoms with Crippen LogP contribution in [0.5, 0.6) is 17.4 Å². The Morgan fingerprint density at radius 3 is 2.51 bits per heavy atom. The van der Waals surface area contributed by atoms with Gasteiger partial charge in [-0.1, -0.05) is 44.5 Å². The molecule has 2 aliphatic carbocycles. The topological polar surface area (TPSA) is 205 Å². The number of aromatic nitrogens is 3. The average Bonchev–Trinajstić information content (AvgIpc) is 3.98. The van der Waals surface area contributed by atoms with E-state index in [1.54, 1.807) is 37.4 Å². The van der Waals surface area contributed by atoms with Gasteiger partial charge in [0.05, 0.1) is 28.9 Å². The maximum Gasteiger partial charge on any atom is 0.312 e. The predicted octanol–water partition coefficient (Wildman–Crippen LogP) is 8.89. The summed E-state index contributed by atoms with van der Waals surface area (Å²) in [5.74, 6) is 0.640. The molecule has 4 aliphatic rings. The third kappa shape index (κ3) is 9.81. The van der Waals surface area contributed by atoms with Crippen molar-refractivity contribution in [2.45, 2.75) is 114 Å². The normalized spacial score (nSPS) is 23.0. The number of hydrogen-bond acceptors (Lipinski definition) is 13. The van der Waals surface area contributed by atoms with Crippen LogP contribution in [-0.4, -0.2) is 95.2 Å². The lowest BCUT2D eigenvalue weighted by molar-refractivity contribution is -0.384. The van der Waals surface area contributed by atoms with E-state index in [9.17, 15) is 28.4 Å². The van der Waals surface area contributed by atoms with E-state index < -0.39 is 37.0 Å². The number of ether oxygens (including phenoxy) is 2. The van der Waals surface area contributed by atoms with Crippen LogP contribution in [0.1, 0.15) is 119 Å². The molecule has 2 atom stereocenters. The van der Waals surface area contributed by atoms with Gasteiger partial charge < -0.3 is 29.8 Å². The highest BCUT2D eigenvalue weighted by atomic mass is 32.2. The molecule has 17 heteroatoms. The molecule has 0 unspecified atom stereocenters. The Bertz CT molecular complexity index is 2730. The summed E-state index contributed by atoms with van der Waals surface area (Å²) >= 11 is 0. The zero-order valence-corrected chi connectivity index (χ0v) is 39.6. The number of rotatable bonds is 15. The Morgan fingerprint density at radius 2 is 1.78 bits per heavy atom. The molecule has 2 aromatic carbocycles. The van der Waals surface area contributed by atoms with Crippen molar-refractivity contribution in [3.05, 3.63) is 99.9 Å². The second kappa shape index (κ2) is 18.7. The number of nitro groups is 1. The summed E-state index contributed by atoms with van der Waals surface area (Å²) in [6.45, 7) is 12.6. The molecule has 9 rings (SSSR count). The van der Waals surface area contributed by atoms with E-state index in [0.717, 1.165) is 75.2 Å². The zero-order valence-electron chi connectivity index (χ0n) is 38.8. The number of likely N-dealkylation sites (tertiary alicyclic amines) is 1. The summed E-state index contributed by atoms with van der Waals surface area (Å²) in [7, 11) is -4.67. The highest BCUT2D eigenvalue weighted by Crippen LogP contribution is 2.49. The molecule has 1 spiro atoms. The van der Waals surface area contributed by atoms with Crippen molar-refractivity contribution >= 4 is 44.2 Å². The van der Waals surface area contributed by atoms with Gasteiger partial charge in [-0.25, -0.2) is 18.1 Å². The van der Waals surface area contributed by atoms with Crippen LogP contribution in [0, 0.1) is 21.4 Å². The first-order valence-electron chi connectivity index (χ1n) is 23.8. The molecule has 2 saturated heterocycles. The molecule has 356 valence electrons. The number of benzene rings is 2. The van der Waals surface area contributed by atoms with Crippen LogP contribution in [0.3, 0.4) is 0 Å². The predicted molar refractivity (Wildman–Crippen MR) is 257 cm³/mol. The Labute approximate surface area is 392 Å². The van der Waals surface area contributed by atoms with Crippen LogP contribution in [0.15, 0.2) is 78.0 Å². The third-order valence-electron chi connectivity index (χ3n) is 14.7. The van der Waals surface area contributed by atoms with Gasteiger partial charge in [-0.2, -0.15) is 4.98 Å². The number of nitrogens with one attached hydrogen (secondary N) is 3. The SMILES string of the molecule is CCOc1nc2[nH]ccc2cc1Oc1cc(N2CCC3(CC2)CN([C@H]2CCC[C@H]2c2ccccc2C(C)C)C3)ccc1C(=O)NS(=O)(=O)c1cnc(NC[C@H]2CC[C@](C)(O)CC2)c([N+](=O)[O-])c1. The van der Waals surface area contributed by atoms with Crippen molar-refractivity contribution < 1.29 is 32.7 Å². The van der Waals surface area contributed by atoms with Crippen LogP contribution in [0.2, 0.25) is 0 Å². The van der Waals surface area contributed by atoms with Crippen molar-refractivity contribution in [1.29, 1.82) is 0 Å². The number of piperidine rings is 1. The number of amides is 1. The number of pyridine rings is 2. The molecule has 67 heavy (non-hydrogen) atoms. The van der Waals surface area contributed by atoms with E-state index in [0.29, 0.717) is 49.5 Å². The highest BCUT2D eigenvalue weighted by molar-refractivity contribution is 7.90. The number of aliphatic hydroxyl groups is 1. The number of nitrogens with zero attached hydrogens (tertiary/aromatic N) is 5. The van der Waals surface area contributed by atoms with Gasteiger partial charge in [0.25, 0.3) is 21.8 Å². The molecular weight excluding hydrogens is 873 g/mol. The van der Waals surface area contributed by atoms with Gasteiger partial charge in [0.15, 0.2) is 5.75 Å². The van der Waals surface area contributed by atoms with Crippen LogP contribution in [-0.2, 0) is 10.0 Å². The number of anilines is 2. The van der Waals surface area contributed by atoms with Gasteiger partial charge in [0, 0.05) is 68.2 Å². The zero-order chi connectivity index (χ0) is 47.1. The number of carbonyl (C=O) groups is 1. The summed E-state index contributed by atoms with van der Waals surface area (Å²) in [5.41, 5.74) is 3.28. The van der Waals surface area contributed by atoms with Crippen LogP contribution in [0.4, 0.5) is 17.2 Å². The van der Waals surface area contributed by atoms with Gasteiger partial charge in [-0.05, 0) is 124 Å². The van der Waals surface area contributed by atoms with Crippen molar-refractivity contribution in [1.82, 2.24) is 24.6 Å². The van der Waals surface area contributed by atoms with Crippen molar-refractivity contribution in [2.75, 3.05) is 49.5 Å². The molecule has 0 bridgehead atoms. The van der Waals surface area contributed by atoms with Crippen LogP contribution < -0.4 is 24.4 Å². The molecular formula is C50H62N8O8S. The first-order valence-corrected chi connectivity index (χ1v) is 25.3. The summed E-state index contributed by atoms with van der Waals surface area (Å²) in [6.07, 6.45) is 11.2. The van der Waals surface area contributed by atoms with Crippen LogP contribution >= 0.6 is 0 Å². The van der Waals surface area contributed by atoms with Gasteiger partial charge in [0.2, 0.25) is 5.82 Å². The number of fused-ring (bicyclic) bond motifs is 1. The van der Waals surface area contributed by atoms with Crippen molar-refractivity contribution in [2.24, 2.45) is 11.3 Å². The second-order valence-electron chi connectivity index (χ2n) is 19.8.